The first-order valence-electron chi connectivity index (χ1n) is 7.34. The minimum absolute atomic E-state index is 0.0186. The van der Waals surface area contributed by atoms with Gasteiger partial charge in [0, 0.05) is 25.4 Å². The van der Waals surface area contributed by atoms with Crippen molar-refractivity contribution in [3.63, 3.8) is 0 Å². The minimum Gasteiger partial charge on any atom is -0.351 e. The lowest BCUT2D eigenvalue weighted by atomic mass is 10.1. The molecule has 0 radical (unpaired) electrons. The molecule has 116 valence electrons. The van der Waals surface area contributed by atoms with Crippen LogP contribution in [0.25, 0.3) is 0 Å². The SMILES string of the molecule is CC(=O)N(CCC(=O)NC(C)(C)C)C(C)c1ccccc1. The standard InChI is InChI=1S/C17H26N2O2/c1-13(15-9-7-6-8-10-15)19(14(2)20)12-11-16(21)18-17(3,4)5/h6-10,13H,11-12H2,1-5H3,(H,18,21). The third-order valence-electron chi connectivity index (χ3n) is 3.25. The molecular weight excluding hydrogens is 264 g/mol. The van der Waals surface area contributed by atoms with Crippen LogP contribution in [0.1, 0.15) is 52.6 Å². The van der Waals surface area contributed by atoms with Gasteiger partial charge in [-0.1, -0.05) is 30.3 Å². The Morgan fingerprint density at radius 3 is 2.24 bits per heavy atom. The first kappa shape index (κ1) is 17.2. The van der Waals surface area contributed by atoms with E-state index in [0.29, 0.717) is 13.0 Å². The number of nitrogens with one attached hydrogen (secondary N) is 1. The van der Waals surface area contributed by atoms with Crippen molar-refractivity contribution in [1.82, 2.24) is 10.2 Å². The predicted molar refractivity (Wildman–Crippen MR) is 84.8 cm³/mol. The number of rotatable bonds is 5. The van der Waals surface area contributed by atoms with E-state index in [1.54, 1.807) is 11.8 Å². The number of amides is 2. The molecule has 1 rings (SSSR count). The van der Waals surface area contributed by atoms with Crippen LogP contribution in [0.3, 0.4) is 0 Å². The van der Waals surface area contributed by atoms with Gasteiger partial charge in [-0.2, -0.15) is 0 Å². The Labute approximate surface area is 127 Å². The molecule has 0 saturated heterocycles. The molecule has 0 aliphatic rings. The summed E-state index contributed by atoms with van der Waals surface area (Å²) in [7, 11) is 0. The van der Waals surface area contributed by atoms with Crippen LogP contribution in [0.5, 0.6) is 0 Å². The summed E-state index contributed by atoms with van der Waals surface area (Å²) in [5.74, 6) is -0.0519. The number of carbonyl (C=O) groups excluding carboxylic acids is 2. The number of carbonyl (C=O) groups is 2. The average Bonchev–Trinajstić information content (AvgIpc) is 2.37. The van der Waals surface area contributed by atoms with Crippen molar-refractivity contribution >= 4 is 11.8 Å². The second kappa shape index (κ2) is 7.25. The summed E-state index contributed by atoms with van der Waals surface area (Å²) in [6.45, 7) is 9.79. The first-order valence-corrected chi connectivity index (χ1v) is 7.34. The molecule has 4 heteroatoms. The van der Waals surface area contributed by atoms with Crippen LogP contribution >= 0.6 is 0 Å². The Morgan fingerprint density at radius 1 is 1.19 bits per heavy atom. The molecule has 0 heterocycles. The third-order valence-corrected chi connectivity index (χ3v) is 3.25. The van der Waals surface area contributed by atoms with Gasteiger partial charge in [-0.25, -0.2) is 0 Å². The smallest absolute Gasteiger partial charge is 0.222 e. The summed E-state index contributed by atoms with van der Waals surface area (Å²) in [6, 6.07) is 9.81. The maximum Gasteiger partial charge on any atom is 0.222 e. The molecule has 0 aliphatic heterocycles. The summed E-state index contributed by atoms with van der Waals surface area (Å²) in [4.78, 5) is 25.5. The summed E-state index contributed by atoms with van der Waals surface area (Å²) in [6.07, 6.45) is 0.314. The Morgan fingerprint density at radius 2 is 1.76 bits per heavy atom. The fraction of sp³-hybridized carbons (Fsp3) is 0.529. The number of hydrogen-bond acceptors (Lipinski definition) is 2. The Balaban J connectivity index is 2.67. The maximum absolute atomic E-state index is 11.9. The van der Waals surface area contributed by atoms with Crippen LogP contribution in [0.4, 0.5) is 0 Å². The van der Waals surface area contributed by atoms with E-state index in [-0.39, 0.29) is 23.4 Å². The number of nitrogens with zero attached hydrogens (tertiary/aromatic N) is 1. The molecule has 1 aromatic carbocycles. The van der Waals surface area contributed by atoms with E-state index in [9.17, 15) is 9.59 Å². The molecular formula is C17H26N2O2. The third kappa shape index (κ3) is 5.98. The molecule has 0 aliphatic carbocycles. The highest BCUT2D eigenvalue weighted by Gasteiger charge is 2.20. The highest BCUT2D eigenvalue weighted by Crippen LogP contribution is 2.20. The van der Waals surface area contributed by atoms with E-state index in [1.807, 2.05) is 58.0 Å². The Kier molecular flexibility index (Phi) is 5.94. The fourth-order valence-electron chi connectivity index (χ4n) is 2.24. The highest BCUT2D eigenvalue weighted by molar-refractivity contribution is 5.78. The van der Waals surface area contributed by atoms with E-state index in [1.165, 1.54) is 0 Å². The first-order chi connectivity index (χ1) is 9.70. The molecule has 2 amide bonds. The van der Waals surface area contributed by atoms with Crippen molar-refractivity contribution in [2.24, 2.45) is 0 Å². The van der Waals surface area contributed by atoms with Crippen LogP contribution in [0.2, 0.25) is 0 Å². The maximum atomic E-state index is 11.9. The minimum atomic E-state index is -0.247. The van der Waals surface area contributed by atoms with E-state index in [2.05, 4.69) is 5.32 Å². The van der Waals surface area contributed by atoms with Gasteiger partial charge >= 0.3 is 0 Å². The van der Waals surface area contributed by atoms with Gasteiger partial charge in [0.05, 0.1) is 6.04 Å². The second-order valence-corrected chi connectivity index (χ2v) is 6.35. The molecule has 1 unspecified atom stereocenters. The highest BCUT2D eigenvalue weighted by atomic mass is 16.2. The lowest BCUT2D eigenvalue weighted by Gasteiger charge is -2.29. The summed E-state index contributed by atoms with van der Waals surface area (Å²) in [5, 5.41) is 2.92. The van der Waals surface area contributed by atoms with Crippen LogP contribution in [0.15, 0.2) is 30.3 Å². The lowest BCUT2D eigenvalue weighted by molar-refractivity contribution is -0.132. The van der Waals surface area contributed by atoms with Gasteiger partial charge in [0.25, 0.3) is 0 Å². The summed E-state index contributed by atoms with van der Waals surface area (Å²) in [5.41, 5.74) is 0.826. The van der Waals surface area contributed by atoms with Gasteiger partial charge in [-0.3, -0.25) is 9.59 Å². The zero-order valence-electron chi connectivity index (χ0n) is 13.6. The van der Waals surface area contributed by atoms with Crippen molar-refractivity contribution in [1.29, 1.82) is 0 Å². The van der Waals surface area contributed by atoms with Crippen molar-refractivity contribution in [2.75, 3.05) is 6.54 Å². The normalized spacial score (nSPS) is 12.6. The summed E-state index contributed by atoms with van der Waals surface area (Å²) < 4.78 is 0. The molecule has 1 atom stereocenters. The summed E-state index contributed by atoms with van der Waals surface area (Å²) >= 11 is 0. The van der Waals surface area contributed by atoms with E-state index in [4.69, 9.17) is 0 Å². The van der Waals surface area contributed by atoms with E-state index >= 15 is 0 Å². The van der Waals surface area contributed by atoms with Crippen molar-refractivity contribution in [3.8, 4) is 0 Å². The van der Waals surface area contributed by atoms with E-state index in [0.717, 1.165) is 5.56 Å². The van der Waals surface area contributed by atoms with Crippen LogP contribution in [0, 0.1) is 0 Å². The fourth-order valence-corrected chi connectivity index (χ4v) is 2.24. The van der Waals surface area contributed by atoms with Gasteiger partial charge in [0.15, 0.2) is 0 Å². The zero-order valence-corrected chi connectivity index (χ0v) is 13.6. The molecule has 21 heavy (non-hydrogen) atoms. The number of benzene rings is 1. The molecule has 1 N–H and O–H groups in total. The monoisotopic (exact) mass is 290 g/mol. The largest absolute Gasteiger partial charge is 0.351 e. The van der Waals surface area contributed by atoms with Crippen molar-refractivity contribution in [2.45, 2.75) is 52.6 Å². The van der Waals surface area contributed by atoms with Crippen LogP contribution < -0.4 is 5.32 Å². The molecule has 0 fully saturated rings. The van der Waals surface area contributed by atoms with Crippen molar-refractivity contribution < 1.29 is 9.59 Å². The van der Waals surface area contributed by atoms with Gasteiger partial charge in [-0.15, -0.1) is 0 Å². The Bertz CT molecular complexity index is 477. The second-order valence-electron chi connectivity index (χ2n) is 6.35. The lowest BCUT2D eigenvalue weighted by Crippen LogP contribution is -2.42. The molecule has 0 spiro atoms. The van der Waals surface area contributed by atoms with E-state index < -0.39 is 0 Å². The topological polar surface area (TPSA) is 49.4 Å². The van der Waals surface area contributed by atoms with Crippen LogP contribution in [-0.2, 0) is 9.59 Å². The van der Waals surface area contributed by atoms with Gasteiger partial charge in [0.1, 0.15) is 0 Å². The molecule has 4 nitrogen and oxygen atoms in total. The molecule has 1 aromatic rings. The number of hydrogen-bond donors (Lipinski definition) is 1. The molecule has 0 saturated carbocycles. The quantitative estimate of drug-likeness (QED) is 0.906. The average molecular weight is 290 g/mol. The molecule has 0 aromatic heterocycles. The zero-order chi connectivity index (χ0) is 16.0. The van der Waals surface area contributed by atoms with Gasteiger partial charge < -0.3 is 10.2 Å². The van der Waals surface area contributed by atoms with Crippen molar-refractivity contribution in [3.05, 3.63) is 35.9 Å². The molecule has 0 bridgehead atoms. The predicted octanol–water partition coefficient (Wildman–Crippen LogP) is 2.90. The van der Waals surface area contributed by atoms with Crippen LogP contribution in [-0.4, -0.2) is 28.8 Å². The Hall–Kier alpha value is -1.84. The van der Waals surface area contributed by atoms with Gasteiger partial charge in [0.2, 0.25) is 11.8 Å². The van der Waals surface area contributed by atoms with Gasteiger partial charge in [-0.05, 0) is 33.3 Å².